The fourth-order valence-corrected chi connectivity index (χ4v) is 1.73. The summed E-state index contributed by atoms with van der Waals surface area (Å²) in [5.41, 5.74) is 6.96. The zero-order valence-corrected chi connectivity index (χ0v) is 8.05. The Kier molecular flexibility index (Phi) is 1.77. The molecule has 2 N–H and O–H groups in total. The van der Waals surface area contributed by atoms with Crippen LogP contribution in [0.5, 0.6) is 5.88 Å². The number of nitrogen functional groups attached to an aromatic ring is 1. The summed E-state index contributed by atoms with van der Waals surface area (Å²) >= 11 is 1.24. The summed E-state index contributed by atoms with van der Waals surface area (Å²) in [7, 11) is 1.55. The van der Waals surface area contributed by atoms with Crippen molar-refractivity contribution in [1.82, 2.24) is 14.3 Å². The lowest BCUT2D eigenvalue weighted by Crippen LogP contribution is -1.95. The Morgan fingerprint density at radius 1 is 1.38 bits per heavy atom. The average molecular weight is 196 g/mol. The van der Waals surface area contributed by atoms with Gasteiger partial charge in [0.15, 0.2) is 10.6 Å². The second-order valence-electron chi connectivity index (χ2n) is 2.54. The van der Waals surface area contributed by atoms with Crippen molar-refractivity contribution in [2.45, 2.75) is 6.92 Å². The van der Waals surface area contributed by atoms with Crippen molar-refractivity contribution in [3.8, 4) is 5.88 Å². The number of ether oxygens (including phenoxy) is 1. The molecule has 5 nitrogen and oxygen atoms in total. The molecule has 2 heterocycles. The van der Waals surface area contributed by atoms with E-state index in [-0.39, 0.29) is 0 Å². The fraction of sp³-hybridized carbons (Fsp3) is 0.286. The molecule has 0 fully saturated rings. The molecule has 2 aromatic heterocycles. The van der Waals surface area contributed by atoms with Crippen LogP contribution in [0.15, 0.2) is 0 Å². The van der Waals surface area contributed by atoms with E-state index in [9.17, 15) is 0 Å². The standard InChI is InChI=1S/C7H8N4OS/c1-3-6(12-2)10-4-5(8)11-13-7(4)9-3/h1-2H3,(H2,8,11). The quantitative estimate of drug-likeness (QED) is 0.736. The normalized spacial score (nSPS) is 10.6. The Morgan fingerprint density at radius 2 is 2.15 bits per heavy atom. The first kappa shape index (κ1) is 8.18. The highest BCUT2D eigenvalue weighted by atomic mass is 32.1. The number of aryl methyl sites for hydroxylation is 1. The number of methoxy groups -OCH3 is 1. The van der Waals surface area contributed by atoms with Crippen molar-refractivity contribution < 1.29 is 4.74 Å². The largest absolute Gasteiger partial charge is 0.480 e. The van der Waals surface area contributed by atoms with E-state index >= 15 is 0 Å². The van der Waals surface area contributed by atoms with Crippen molar-refractivity contribution in [2.24, 2.45) is 0 Å². The second-order valence-corrected chi connectivity index (χ2v) is 3.29. The van der Waals surface area contributed by atoms with Crippen LogP contribution < -0.4 is 10.5 Å². The molecular formula is C7H8N4OS. The van der Waals surface area contributed by atoms with Crippen LogP contribution in [0.1, 0.15) is 5.69 Å². The third-order valence-electron chi connectivity index (χ3n) is 1.66. The van der Waals surface area contributed by atoms with Crippen LogP contribution in [-0.2, 0) is 0 Å². The van der Waals surface area contributed by atoms with Gasteiger partial charge in [-0.25, -0.2) is 9.97 Å². The number of fused-ring (bicyclic) bond motifs is 1. The van der Waals surface area contributed by atoms with E-state index < -0.39 is 0 Å². The summed E-state index contributed by atoms with van der Waals surface area (Å²) in [4.78, 5) is 9.19. The Morgan fingerprint density at radius 3 is 2.85 bits per heavy atom. The molecule has 2 rings (SSSR count). The Bertz CT molecular complexity index is 453. The summed E-state index contributed by atoms with van der Waals surface area (Å²) in [6.07, 6.45) is 0. The second kappa shape index (κ2) is 2.81. The minimum absolute atomic E-state index is 0.408. The number of anilines is 1. The molecule has 13 heavy (non-hydrogen) atoms. The van der Waals surface area contributed by atoms with Crippen molar-refractivity contribution in [3.63, 3.8) is 0 Å². The summed E-state index contributed by atoms with van der Waals surface area (Å²) in [6.45, 7) is 1.83. The van der Waals surface area contributed by atoms with E-state index in [1.54, 1.807) is 7.11 Å². The van der Waals surface area contributed by atoms with Gasteiger partial charge < -0.3 is 10.5 Å². The van der Waals surface area contributed by atoms with Gasteiger partial charge in [-0.1, -0.05) is 0 Å². The minimum atomic E-state index is 0.408. The molecule has 0 atom stereocenters. The first-order valence-electron chi connectivity index (χ1n) is 3.66. The molecule has 0 aromatic carbocycles. The molecule has 0 saturated carbocycles. The number of hydrogen-bond donors (Lipinski definition) is 1. The van der Waals surface area contributed by atoms with Gasteiger partial charge in [0.1, 0.15) is 11.2 Å². The van der Waals surface area contributed by atoms with E-state index in [1.165, 1.54) is 11.5 Å². The van der Waals surface area contributed by atoms with Crippen LogP contribution in [0, 0.1) is 6.92 Å². The molecule has 0 aliphatic rings. The van der Waals surface area contributed by atoms with E-state index in [1.807, 2.05) is 6.92 Å². The van der Waals surface area contributed by atoms with Gasteiger partial charge in [-0.05, 0) is 18.5 Å². The van der Waals surface area contributed by atoms with Crippen LogP contribution >= 0.6 is 11.5 Å². The lowest BCUT2D eigenvalue weighted by Gasteiger charge is -2.00. The molecule has 0 bridgehead atoms. The number of aromatic nitrogens is 3. The molecule has 2 aromatic rings. The summed E-state index contributed by atoms with van der Waals surface area (Å²) in [5, 5.41) is 0. The first-order chi connectivity index (χ1) is 6.22. The van der Waals surface area contributed by atoms with E-state index in [0.717, 1.165) is 10.5 Å². The van der Waals surface area contributed by atoms with Crippen LogP contribution in [0.25, 0.3) is 10.3 Å². The zero-order valence-electron chi connectivity index (χ0n) is 7.24. The summed E-state index contributed by atoms with van der Waals surface area (Å²) in [6, 6.07) is 0. The van der Waals surface area contributed by atoms with Gasteiger partial charge in [-0.15, -0.1) is 0 Å². The molecule has 0 radical (unpaired) electrons. The molecule has 0 aliphatic carbocycles. The fourth-order valence-electron chi connectivity index (χ4n) is 1.04. The smallest absolute Gasteiger partial charge is 0.235 e. The molecule has 0 saturated heterocycles. The number of hydrogen-bond acceptors (Lipinski definition) is 6. The van der Waals surface area contributed by atoms with Gasteiger partial charge in [-0.2, -0.15) is 4.37 Å². The lowest BCUT2D eigenvalue weighted by molar-refractivity contribution is 0.394. The molecular weight excluding hydrogens is 188 g/mol. The molecule has 0 amide bonds. The first-order valence-corrected chi connectivity index (χ1v) is 4.43. The van der Waals surface area contributed by atoms with E-state index in [0.29, 0.717) is 17.2 Å². The maximum Gasteiger partial charge on any atom is 0.235 e. The third kappa shape index (κ3) is 1.19. The Balaban J connectivity index is 2.77. The van der Waals surface area contributed by atoms with Gasteiger partial charge in [-0.3, -0.25) is 0 Å². The van der Waals surface area contributed by atoms with Crippen molar-refractivity contribution in [1.29, 1.82) is 0 Å². The van der Waals surface area contributed by atoms with Gasteiger partial charge in [0.05, 0.1) is 7.11 Å². The molecule has 0 unspecified atom stereocenters. The third-order valence-corrected chi connectivity index (χ3v) is 2.41. The Labute approximate surface area is 78.7 Å². The number of rotatable bonds is 1. The van der Waals surface area contributed by atoms with Gasteiger partial charge in [0, 0.05) is 0 Å². The van der Waals surface area contributed by atoms with Crippen LogP contribution in [0.2, 0.25) is 0 Å². The maximum atomic E-state index is 5.59. The molecule has 0 aliphatic heterocycles. The SMILES string of the molecule is COc1nc2c(N)nsc2nc1C. The molecule has 68 valence electrons. The highest BCUT2D eigenvalue weighted by Gasteiger charge is 2.10. The van der Waals surface area contributed by atoms with Gasteiger partial charge in [0.25, 0.3) is 0 Å². The highest BCUT2D eigenvalue weighted by molar-refractivity contribution is 7.13. The number of nitrogens with zero attached hydrogens (tertiary/aromatic N) is 3. The maximum absolute atomic E-state index is 5.59. The van der Waals surface area contributed by atoms with Gasteiger partial charge in [0.2, 0.25) is 5.88 Å². The number of nitrogens with two attached hydrogens (primary N) is 1. The monoisotopic (exact) mass is 196 g/mol. The van der Waals surface area contributed by atoms with Crippen molar-refractivity contribution in [3.05, 3.63) is 5.69 Å². The summed E-state index contributed by atoms with van der Waals surface area (Å²) < 4.78 is 8.98. The topological polar surface area (TPSA) is 73.9 Å². The van der Waals surface area contributed by atoms with Crippen LogP contribution in [0.4, 0.5) is 5.82 Å². The van der Waals surface area contributed by atoms with Crippen LogP contribution in [-0.4, -0.2) is 21.5 Å². The zero-order chi connectivity index (χ0) is 9.42. The summed E-state index contributed by atoms with van der Waals surface area (Å²) in [5.74, 6) is 0.908. The van der Waals surface area contributed by atoms with Crippen LogP contribution in [0.3, 0.4) is 0 Å². The molecule has 0 spiro atoms. The van der Waals surface area contributed by atoms with Gasteiger partial charge >= 0.3 is 0 Å². The van der Waals surface area contributed by atoms with Crippen molar-refractivity contribution in [2.75, 3.05) is 12.8 Å². The van der Waals surface area contributed by atoms with Crippen molar-refractivity contribution >= 4 is 27.7 Å². The predicted molar refractivity (Wildman–Crippen MR) is 50.9 cm³/mol. The molecule has 6 heteroatoms. The minimum Gasteiger partial charge on any atom is -0.480 e. The average Bonchev–Trinajstić information content (AvgIpc) is 2.46. The van der Waals surface area contributed by atoms with E-state index in [4.69, 9.17) is 10.5 Å². The predicted octanol–water partition coefficient (Wildman–Crippen LogP) is 0.986. The Hall–Kier alpha value is -1.43. The highest BCUT2D eigenvalue weighted by Crippen LogP contribution is 2.24. The lowest BCUT2D eigenvalue weighted by atomic mass is 10.4. The van der Waals surface area contributed by atoms with E-state index in [2.05, 4.69) is 14.3 Å².